The number of aliphatic hydroxyl groups excluding tert-OH is 1. The quantitative estimate of drug-likeness (QED) is 0.765. The molecule has 1 rings (SSSR count). The van der Waals surface area contributed by atoms with Gasteiger partial charge in [-0.3, -0.25) is 14.9 Å². The number of hydrogen-bond donors (Lipinski definition) is 2. The van der Waals surface area contributed by atoms with Gasteiger partial charge in [-0.2, -0.15) is 0 Å². The van der Waals surface area contributed by atoms with E-state index in [1.54, 1.807) is 6.92 Å². The number of imide groups is 1. The van der Waals surface area contributed by atoms with Gasteiger partial charge in [-0.15, -0.1) is 0 Å². The molecule has 0 radical (unpaired) electrons. The summed E-state index contributed by atoms with van der Waals surface area (Å²) < 4.78 is 18.7. The van der Waals surface area contributed by atoms with Crippen LogP contribution in [-0.2, 0) is 14.3 Å². The van der Waals surface area contributed by atoms with Crippen LogP contribution < -0.4 is 5.32 Å². The molecule has 20 heavy (non-hydrogen) atoms. The van der Waals surface area contributed by atoms with Crippen molar-refractivity contribution in [2.24, 2.45) is 5.92 Å². The average molecular weight is 285 g/mol. The van der Waals surface area contributed by atoms with Crippen LogP contribution in [0.3, 0.4) is 0 Å². The topological polar surface area (TPSA) is 75.6 Å². The summed E-state index contributed by atoms with van der Waals surface area (Å²) in [6.07, 6.45) is 0.614. The van der Waals surface area contributed by atoms with Crippen molar-refractivity contribution < 1.29 is 23.8 Å². The van der Waals surface area contributed by atoms with Crippen LogP contribution in [0, 0.1) is 5.92 Å². The van der Waals surface area contributed by atoms with Gasteiger partial charge >= 0.3 is 0 Å². The molecule has 5 nitrogen and oxygen atoms in total. The van der Waals surface area contributed by atoms with E-state index in [2.05, 4.69) is 11.9 Å². The summed E-state index contributed by atoms with van der Waals surface area (Å²) in [5.41, 5.74) is 0. The van der Waals surface area contributed by atoms with Gasteiger partial charge in [0.05, 0.1) is 6.61 Å². The number of amides is 2. The average Bonchev–Trinajstić information content (AvgIpc) is 2.39. The van der Waals surface area contributed by atoms with Crippen molar-refractivity contribution in [3.63, 3.8) is 0 Å². The first-order valence-electron chi connectivity index (χ1n) is 6.54. The zero-order valence-corrected chi connectivity index (χ0v) is 11.5. The SMILES string of the molecule is C=C1OCC(CC(=O)NC(=O)/C=C\C)CCC(F)[C@@H]1O. The van der Waals surface area contributed by atoms with Crippen LogP contribution in [-0.4, -0.2) is 35.8 Å². The van der Waals surface area contributed by atoms with Crippen LogP contribution in [0.2, 0.25) is 0 Å². The lowest BCUT2D eigenvalue weighted by Crippen LogP contribution is -2.34. The molecule has 0 bridgehead atoms. The maximum Gasteiger partial charge on any atom is 0.250 e. The summed E-state index contributed by atoms with van der Waals surface area (Å²) >= 11 is 0. The van der Waals surface area contributed by atoms with Crippen molar-refractivity contribution in [1.82, 2.24) is 5.32 Å². The van der Waals surface area contributed by atoms with E-state index in [1.165, 1.54) is 12.2 Å². The molecule has 0 saturated carbocycles. The van der Waals surface area contributed by atoms with Crippen molar-refractivity contribution in [3.8, 4) is 0 Å². The van der Waals surface area contributed by atoms with Gasteiger partial charge in [0, 0.05) is 12.3 Å². The number of hydrogen-bond acceptors (Lipinski definition) is 4. The maximum absolute atomic E-state index is 13.5. The van der Waals surface area contributed by atoms with Gasteiger partial charge in [0.2, 0.25) is 11.8 Å². The fourth-order valence-corrected chi connectivity index (χ4v) is 1.95. The zero-order valence-electron chi connectivity index (χ0n) is 11.5. The molecule has 0 aromatic carbocycles. The molecule has 2 amide bonds. The standard InChI is InChI=1S/C14H20FNO4/c1-3-4-12(17)16-13(18)7-10-5-6-11(15)14(19)9(2)20-8-10/h3-4,10-11,14,19H,2,5-8H2,1H3,(H,16,17,18)/b4-3-/t10?,11?,14-/m1/s1. The van der Waals surface area contributed by atoms with E-state index in [9.17, 15) is 19.1 Å². The summed E-state index contributed by atoms with van der Waals surface area (Å²) in [6, 6.07) is 0. The largest absolute Gasteiger partial charge is 0.495 e. The third kappa shape index (κ3) is 5.13. The van der Waals surface area contributed by atoms with Gasteiger partial charge in [-0.05, 0) is 25.8 Å². The molecule has 0 spiro atoms. The van der Waals surface area contributed by atoms with E-state index in [1.807, 2.05) is 0 Å². The molecule has 0 aromatic rings. The van der Waals surface area contributed by atoms with Gasteiger partial charge < -0.3 is 9.84 Å². The summed E-state index contributed by atoms with van der Waals surface area (Å²) in [7, 11) is 0. The first-order chi connectivity index (χ1) is 9.43. The molecule has 1 heterocycles. The molecule has 1 aliphatic heterocycles. The summed E-state index contributed by atoms with van der Waals surface area (Å²) in [5, 5.41) is 11.7. The van der Waals surface area contributed by atoms with Gasteiger partial charge in [-0.25, -0.2) is 4.39 Å². The highest BCUT2D eigenvalue weighted by molar-refractivity contribution is 6.00. The van der Waals surface area contributed by atoms with Crippen LogP contribution in [0.1, 0.15) is 26.2 Å². The second kappa shape index (κ2) is 7.79. The Kier molecular flexibility index (Phi) is 6.38. The van der Waals surface area contributed by atoms with Crippen molar-refractivity contribution in [2.45, 2.75) is 38.5 Å². The molecule has 1 aliphatic rings. The number of ether oxygens (including phenoxy) is 1. The summed E-state index contributed by atoms with van der Waals surface area (Å²) in [5.74, 6) is -1.14. The number of alkyl halides is 1. The van der Waals surface area contributed by atoms with E-state index < -0.39 is 24.1 Å². The number of carbonyl (C=O) groups is 2. The monoisotopic (exact) mass is 285 g/mol. The van der Waals surface area contributed by atoms with Crippen LogP contribution >= 0.6 is 0 Å². The third-order valence-corrected chi connectivity index (χ3v) is 3.08. The minimum Gasteiger partial charge on any atom is -0.495 e. The normalized spacial score (nSPS) is 27.6. The van der Waals surface area contributed by atoms with E-state index >= 15 is 0 Å². The first-order valence-corrected chi connectivity index (χ1v) is 6.54. The molecule has 2 N–H and O–H groups in total. The van der Waals surface area contributed by atoms with Gasteiger partial charge in [0.25, 0.3) is 0 Å². The van der Waals surface area contributed by atoms with E-state index in [4.69, 9.17) is 4.74 Å². The summed E-state index contributed by atoms with van der Waals surface area (Å²) in [4.78, 5) is 22.8. The van der Waals surface area contributed by atoms with Crippen molar-refractivity contribution in [1.29, 1.82) is 0 Å². The van der Waals surface area contributed by atoms with Crippen molar-refractivity contribution in [2.75, 3.05) is 6.61 Å². The van der Waals surface area contributed by atoms with Crippen LogP contribution in [0.5, 0.6) is 0 Å². The summed E-state index contributed by atoms with van der Waals surface area (Å²) in [6.45, 7) is 5.30. The van der Waals surface area contributed by atoms with Gasteiger partial charge in [0.15, 0.2) is 0 Å². The molecular weight excluding hydrogens is 265 g/mol. The highest BCUT2D eigenvalue weighted by atomic mass is 19.1. The predicted molar refractivity (Wildman–Crippen MR) is 71.3 cm³/mol. The Balaban J connectivity index is 2.49. The predicted octanol–water partition coefficient (Wildman–Crippen LogP) is 1.23. The van der Waals surface area contributed by atoms with Crippen LogP contribution in [0.25, 0.3) is 0 Å². The maximum atomic E-state index is 13.5. The highest BCUT2D eigenvalue weighted by Gasteiger charge is 2.28. The number of carbonyl (C=O) groups excluding carboxylic acids is 2. The fraction of sp³-hybridized carbons (Fsp3) is 0.571. The van der Waals surface area contributed by atoms with Gasteiger partial charge in [-0.1, -0.05) is 12.7 Å². The number of rotatable bonds is 3. The lowest BCUT2D eigenvalue weighted by atomic mass is 9.95. The van der Waals surface area contributed by atoms with Crippen LogP contribution in [0.15, 0.2) is 24.5 Å². The molecule has 6 heteroatoms. The van der Waals surface area contributed by atoms with Crippen molar-refractivity contribution in [3.05, 3.63) is 24.5 Å². The molecule has 0 aliphatic carbocycles. The smallest absolute Gasteiger partial charge is 0.250 e. The Bertz CT molecular complexity index is 408. The third-order valence-electron chi connectivity index (χ3n) is 3.08. The van der Waals surface area contributed by atoms with E-state index in [-0.39, 0.29) is 31.1 Å². The van der Waals surface area contributed by atoms with E-state index in [0.29, 0.717) is 6.42 Å². The first kappa shape index (κ1) is 16.4. The molecule has 0 aromatic heterocycles. The van der Waals surface area contributed by atoms with E-state index in [0.717, 1.165) is 0 Å². The Labute approximate surface area is 117 Å². The Morgan fingerprint density at radius 1 is 1.55 bits per heavy atom. The Morgan fingerprint density at radius 2 is 2.25 bits per heavy atom. The second-order valence-corrected chi connectivity index (χ2v) is 4.80. The second-order valence-electron chi connectivity index (χ2n) is 4.80. The fourth-order valence-electron chi connectivity index (χ4n) is 1.95. The lowest BCUT2D eigenvalue weighted by Gasteiger charge is -2.26. The number of nitrogens with one attached hydrogen (secondary N) is 1. The van der Waals surface area contributed by atoms with Crippen LogP contribution in [0.4, 0.5) is 4.39 Å². The Hall–Kier alpha value is -1.69. The highest BCUT2D eigenvalue weighted by Crippen LogP contribution is 2.24. The molecule has 2 unspecified atom stereocenters. The van der Waals surface area contributed by atoms with Gasteiger partial charge in [0.1, 0.15) is 18.0 Å². The molecule has 1 saturated heterocycles. The molecule has 3 atom stereocenters. The number of aliphatic hydroxyl groups is 1. The minimum atomic E-state index is -1.45. The molecule has 1 fully saturated rings. The number of halogens is 1. The molecular formula is C14H20FNO4. The Morgan fingerprint density at radius 3 is 2.90 bits per heavy atom. The number of allylic oxidation sites excluding steroid dienone is 1. The molecule has 112 valence electrons. The zero-order chi connectivity index (χ0) is 15.1. The lowest BCUT2D eigenvalue weighted by molar-refractivity contribution is -0.129. The minimum absolute atomic E-state index is 0.0207. The van der Waals surface area contributed by atoms with Crippen molar-refractivity contribution >= 4 is 11.8 Å².